The molecule has 110 valence electrons. The molecule has 0 saturated heterocycles. The van der Waals surface area contributed by atoms with Gasteiger partial charge in [0.1, 0.15) is 11.5 Å². The van der Waals surface area contributed by atoms with E-state index in [4.69, 9.17) is 4.74 Å². The first-order chi connectivity index (χ1) is 10.1. The Morgan fingerprint density at radius 3 is 2.52 bits per heavy atom. The van der Waals surface area contributed by atoms with Gasteiger partial charge in [-0.15, -0.1) is 0 Å². The first kappa shape index (κ1) is 15.3. The number of carbonyl (C=O) groups is 1. The van der Waals surface area contributed by atoms with Gasteiger partial charge in [0.2, 0.25) is 0 Å². The summed E-state index contributed by atoms with van der Waals surface area (Å²) in [7, 11) is 0. The van der Waals surface area contributed by atoms with Crippen LogP contribution in [0.4, 0.5) is 0 Å². The highest BCUT2D eigenvalue weighted by atomic mass is 16.5. The number of hydrogen-bond acceptors (Lipinski definition) is 2. The smallest absolute Gasteiger partial charge is 0.167 e. The first-order valence-electron chi connectivity index (χ1n) is 7.36. The number of ether oxygens (including phenoxy) is 1. The standard InChI is InChI=1S/C19H22O2/c1-14(2)8-7-9-16-13-19(20)18(16)12-15(3)21-17-10-5-4-6-11-17/h4-6,8,10-12H,7,9,13H2,1-3H3/b15-12-. The van der Waals surface area contributed by atoms with E-state index < -0.39 is 0 Å². The highest BCUT2D eigenvalue weighted by molar-refractivity contribution is 6.07. The largest absolute Gasteiger partial charge is 0.462 e. The number of para-hydroxylation sites is 1. The molecule has 2 rings (SSSR count). The molecular weight excluding hydrogens is 260 g/mol. The Morgan fingerprint density at radius 2 is 1.90 bits per heavy atom. The van der Waals surface area contributed by atoms with Crippen molar-refractivity contribution in [2.75, 3.05) is 0 Å². The summed E-state index contributed by atoms with van der Waals surface area (Å²) in [4.78, 5) is 11.8. The second kappa shape index (κ2) is 7.07. The maximum Gasteiger partial charge on any atom is 0.167 e. The highest BCUT2D eigenvalue weighted by Gasteiger charge is 2.24. The monoisotopic (exact) mass is 282 g/mol. The summed E-state index contributed by atoms with van der Waals surface area (Å²) in [5, 5.41) is 0. The molecule has 0 bridgehead atoms. The molecule has 1 aliphatic carbocycles. The maximum atomic E-state index is 11.8. The van der Waals surface area contributed by atoms with Crippen molar-refractivity contribution >= 4 is 5.78 Å². The lowest BCUT2D eigenvalue weighted by Gasteiger charge is -2.20. The molecule has 0 aliphatic heterocycles. The van der Waals surface area contributed by atoms with Gasteiger partial charge in [-0.2, -0.15) is 0 Å². The lowest BCUT2D eigenvalue weighted by Crippen LogP contribution is -2.17. The van der Waals surface area contributed by atoms with Gasteiger partial charge in [0, 0.05) is 12.0 Å². The van der Waals surface area contributed by atoms with Crippen LogP contribution in [0.3, 0.4) is 0 Å². The molecule has 0 fully saturated rings. The Hall–Kier alpha value is -2.09. The zero-order chi connectivity index (χ0) is 15.2. The number of carbonyl (C=O) groups excluding carboxylic acids is 1. The van der Waals surface area contributed by atoms with Crippen molar-refractivity contribution < 1.29 is 9.53 Å². The molecule has 2 heteroatoms. The van der Waals surface area contributed by atoms with Crippen LogP contribution < -0.4 is 4.74 Å². The molecule has 0 heterocycles. The van der Waals surface area contributed by atoms with Crippen LogP contribution in [-0.4, -0.2) is 5.78 Å². The number of benzene rings is 1. The van der Waals surface area contributed by atoms with Gasteiger partial charge in [0.15, 0.2) is 5.78 Å². The van der Waals surface area contributed by atoms with Crippen molar-refractivity contribution in [1.82, 2.24) is 0 Å². The fourth-order valence-electron chi connectivity index (χ4n) is 2.32. The first-order valence-corrected chi connectivity index (χ1v) is 7.36. The zero-order valence-electron chi connectivity index (χ0n) is 13.0. The summed E-state index contributed by atoms with van der Waals surface area (Å²) in [5.74, 6) is 1.77. The molecule has 0 aromatic heterocycles. The summed E-state index contributed by atoms with van der Waals surface area (Å²) in [6.07, 6.45) is 6.64. The van der Waals surface area contributed by atoms with Crippen LogP contribution in [0.2, 0.25) is 0 Å². The Balaban J connectivity index is 2.03. The van der Waals surface area contributed by atoms with E-state index in [0.29, 0.717) is 6.42 Å². The Bertz CT molecular complexity index is 600. The highest BCUT2D eigenvalue weighted by Crippen LogP contribution is 2.30. The van der Waals surface area contributed by atoms with E-state index in [9.17, 15) is 4.79 Å². The number of ketones is 1. The van der Waals surface area contributed by atoms with Gasteiger partial charge in [-0.05, 0) is 51.8 Å². The van der Waals surface area contributed by atoms with E-state index in [1.165, 1.54) is 11.1 Å². The Kier molecular flexibility index (Phi) is 5.15. The van der Waals surface area contributed by atoms with Crippen molar-refractivity contribution in [2.45, 2.75) is 40.0 Å². The van der Waals surface area contributed by atoms with Crippen molar-refractivity contribution in [3.05, 3.63) is 65.0 Å². The minimum atomic E-state index is 0.221. The number of Topliss-reactive ketones (excluding diaryl/α,β-unsaturated/α-hetero) is 1. The molecule has 0 atom stereocenters. The summed E-state index contributed by atoms with van der Waals surface area (Å²) in [5.41, 5.74) is 3.40. The van der Waals surface area contributed by atoms with Gasteiger partial charge in [-0.1, -0.05) is 35.4 Å². The lowest BCUT2D eigenvalue weighted by atomic mass is 9.83. The summed E-state index contributed by atoms with van der Waals surface area (Å²) in [6.45, 7) is 6.08. The van der Waals surface area contributed by atoms with Gasteiger partial charge >= 0.3 is 0 Å². The van der Waals surface area contributed by atoms with Crippen LogP contribution >= 0.6 is 0 Å². The number of allylic oxidation sites excluding steroid dienone is 6. The maximum absolute atomic E-state index is 11.8. The van der Waals surface area contributed by atoms with Crippen molar-refractivity contribution in [3.8, 4) is 5.75 Å². The van der Waals surface area contributed by atoms with Crippen LogP contribution in [0.1, 0.15) is 40.0 Å². The molecular formula is C19H22O2. The second-order valence-electron chi connectivity index (χ2n) is 5.61. The fourth-order valence-corrected chi connectivity index (χ4v) is 2.32. The van der Waals surface area contributed by atoms with Gasteiger partial charge in [-0.3, -0.25) is 4.79 Å². The molecule has 2 nitrogen and oxygen atoms in total. The quantitative estimate of drug-likeness (QED) is 0.543. The van der Waals surface area contributed by atoms with E-state index in [1.54, 1.807) is 0 Å². The van der Waals surface area contributed by atoms with Crippen molar-refractivity contribution in [3.63, 3.8) is 0 Å². The molecule has 1 aromatic rings. The molecule has 1 aliphatic rings. The second-order valence-corrected chi connectivity index (χ2v) is 5.61. The van der Waals surface area contributed by atoms with Crippen LogP contribution in [0, 0.1) is 0 Å². The number of hydrogen-bond donors (Lipinski definition) is 0. The topological polar surface area (TPSA) is 26.3 Å². The third-order valence-electron chi connectivity index (χ3n) is 3.42. The van der Waals surface area contributed by atoms with E-state index in [-0.39, 0.29) is 5.78 Å². The Morgan fingerprint density at radius 1 is 1.19 bits per heavy atom. The average molecular weight is 282 g/mol. The van der Waals surface area contributed by atoms with Gasteiger partial charge in [-0.25, -0.2) is 0 Å². The summed E-state index contributed by atoms with van der Waals surface area (Å²) in [6, 6.07) is 9.63. The van der Waals surface area contributed by atoms with Crippen molar-refractivity contribution in [2.24, 2.45) is 0 Å². The molecule has 1 aromatic carbocycles. The molecule has 0 spiro atoms. The molecule has 0 saturated carbocycles. The van der Waals surface area contributed by atoms with Crippen LogP contribution in [-0.2, 0) is 4.79 Å². The SMILES string of the molecule is CC(C)=CCCC1=C(/C=C(/C)Oc2ccccc2)C(=O)C1. The van der Waals surface area contributed by atoms with E-state index >= 15 is 0 Å². The number of rotatable bonds is 6. The normalized spacial score (nSPS) is 14.8. The van der Waals surface area contributed by atoms with E-state index in [2.05, 4.69) is 19.9 Å². The van der Waals surface area contributed by atoms with Gasteiger partial charge in [0.05, 0.1) is 0 Å². The molecule has 0 N–H and O–H groups in total. The molecule has 0 unspecified atom stereocenters. The third kappa shape index (κ3) is 4.45. The molecule has 0 amide bonds. The van der Waals surface area contributed by atoms with Crippen LogP contribution in [0.25, 0.3) is 0 Å². The van der Waals surface area contributed by atoms with Gasteiger partial charge in [0.25, 0.3) is 0 Å². The molecule has 21 heavy (non-hydrogen) atoms. The zero-order valence-corrected chi connectivity index (χ0v) is 13.0. The molecule has 0 radical (unpaired) electrons. The van der Waals surface area contributed by atoms with E-state index in [0.717, 1.165) is 29.9 Å². The predicted octanol–water partition coefficient (Wildman–Crippen LogP) is 4.99. The van der Waals surface area contributed by atoms with Crippen molar-refractivity contribution in [1.29, 1.82) is 0 Å². The minimum Gasteiger partial charge on any atom is -0.462 e. The third-order valence-corrected chi connectivity index (χ3v) is 3.42. The van der Waals surface area contributed by atoms with Gasteiger partial charge < -0.3 is 4.74 Å². The van der Waals surface area contributed by atoms with Crippen LogP contribution in [0.15, 0.2) is 65.0 Å². The fraction of sp³-hybridized carbons (Fsp3) is 0.316. The lowest BCUT2D eigenvalue weighted by molar-refractivity contribution is -0.116. The van der Waals surface area contributed by atoms with Crippen LogP contribution in [0.5, 0.6) is 5.75 Å². The summed E-state index contributed by atoms with van der Waals surface area (Å²) >= 11 is 0. The minimum absolute atomic E-state index is 0.221. The summed E-state index contributed by atoms with van der Waals surface area (Å²) < 4.78 is 5.72. The average Bonchev–Trinajstić information content (AvgIpc) is 2.45. The predicted molar refractivity (Wildman–Crippen MR) is 86.1 cm³/mol. The Labute approximate surface area is 126 Å². The van der Waals surface area contributed by atoms with E-state index in [1.807, 2.05) is 43.3 Å².